The minimum atomic E-state index is -1.29. The highest BCUT2D eigenvalue weighted by Gasteiger charge is 2.28. The molecule has 9 heteroatoms. The molecule has 7 nitrogen and oxygen atoms in total. The first-order valence-corrected chi connectivity index (χ1v) is 11.6. The van der Waals surface area contributed by atoms with Gasteiger partial charge in [-0.1, -0.05) is 12.1 Å². The smallest absolute Gasteiger partial charge is 0.341 e. The van der Waals surface area contributed by atoms with Gasteiger partial charge in [0.25, 0.3) is 0 Å². The number of halogens is 2. The molecule has 0 bridgehead atoms. The van der Waals surface area contributed by atoms with Crippen LogP contribution in [0, 0.1) is 11.6 Å². The van der Waals surface area contributed by atoms with Gasteiger partial charge in [0.15, 0.2) is 0 Å². The van der Waals surface area contributed by atoms with Crippen molar-refractivity contribution in [3.8, 4) is 0 Å². The van der Waals surface area contributed by atoms with E-state index < -0.39 is 17.2 Å². The van der Waals surface area contributed by atoms with Crippen LogP contribution in [-0.4, -0.2) is 40.3 Å². The first kappa shape index (κ1) is 21.7. The third kappa shape index (κ3) is 3.81. The maximum atomic E-state index is 15.3. The molecule has 1 unspecified atom stereocenters. The highest BCUT2D eigenvalue weighted by Crippen LogP contribution is 2.37. The maximum absolute atomic E-state index is 15.3. The molecule has 35 heavy (non-hydrogen) atoms. The fourth-order valence-electron chi connectivity index (χ4n) is 4.85. The lowest BCUT2D eigenvalue weighted by molar-refractivity contribution is 0.0695. The highest BCUT2D eigenvalue weighted by molar-refractivity contribution is 5.97. The molecule has 2 aromatic carbocycles. The van der Waals surface area contributed by atoms with Crippen LogP contribution in [-0.2, 0) is 0 Å². The van der Waals surface area contributed by atoms with Gasteiger partial charge in [-0.25, -0.2) is 18.6 Å². The summed E-state index contributed by atoms with van der Waals surface area (Å²) < 4.78 is 30.4. The Balaban J connectivity index is 1.44. The summed E-state index contributed by atoms with van der Waals surface area (Å²) in [6, 6.07) is 10.9. The number of anilines is 1. The molecule has 1 atom stereocenters. The molecule has 1 aliphatic carbocycles. The summed E-state index contributed by atoms with van der Waals surface area (Å²) in [5, 5.41) is 13.5. The van der Waals surface area contributed by atoms with E-state index in [-0.39, 0.29) is 28.9 Å². The van der Waals surface area contributed by atoms with Crippen LogP contribution in [0.5, 0.6) is 0 Å². The number of pyridine rings is 2. The van der Waals surface area contributed by atoms with Crippen LogP contribution in [0.4, 0.5) is 14.5 Å². The number of benzene rings is 2. The molecule has 2 fully saturated rings. The van der Waals surface area contributed by atoms with Crippen LogP contribution in [0.3, 0.4) is 0 Å². The van der Waals surface area contributed by atoms with E-state index in [4.69, 9.17) is 4.98 Å². The van der Waals surface area contributed by atoms with E-state index in [1.54, 1.807) is 22.8 Å². The molecule has 1 aliphatic heterocycles. The van der Waals surface area contributed by atoms with Crippen molar-refractivity contribution in [3.05, 3.63) is 81.6 Å². The van der Waals surface area contributed by atoms with Crippen molar-refractivity contribution in [2.24, 2.45) is 0 Å². The van der Waals surface area contributed by atoms with Gasteiger partial charge in [0.1, 0.15) is 22.8 Å². The summed E-state index contributed by atoms with van der Waals surface area (Å²) in [7, 11) is 0. The molecule has 0 spiro atoms. The number of carboxylic acids is 1. The Morgan fingerprint density at radius 2 is 1.89 bits per heavy atom. The van der Waals surface area contributed by atoms with Crippen LogP contribution in [0.2, 0.25) is 0 Å². The lowest BCUT2D eigenvalue weighted by Gasteiger charge is -2.35. The summed E-state index contributed by atoms with van der Waals surface area (Å²) in [5.41, 5.74) is 1.34. The molecule has 1 saturated heterocycles. The van der Waals surface area contributed by atoms with Crippen molar-refractivity contribution in [1.82, 2.24) is 14.9 Å². The number of aromatic carboxylic acids is 1. The largest absolute Gasteiger partial charge is 0.477 e. The first-order chi connectivity index (χ1) is 16.9. The van der Waals surface area contributed by atoms with Crippen LogP contribution < -0.4 is 15.6 Å². The zero-order valence-electron chi connectivity index (χ0n) is 18.7. The Bertz CT molecular complexity index is 1550. The number of carboxylic acid groups (broad SMARTS) is 1. The SMILES string of the molecule is O=C(O)c1cn(C2CC2)c2nc3cc(N4CCNC(c5ccc(F)cc5)C4)c(F)cc3cc2c1=O. The molecule has 6 rings (SSSR count). The van der Waals surface area contributed by atoms with Gasteiger partial charge in [0, 0.05) is 43.3 Å². The summed E-state index contributed by atoms with van der Waals surface area (Å²) in [6.45, 7) is 1.71. The number of aromatic nitrogens is 2. The summed E-state index contributed by atoms with van der Waals surface area (Å²) >= 11 is 0. The average Bonchev–Trinajstić information content (AvgIpc) is 3.69. The molecule has 178 valence electrons. The van der Waals surface area contributed by atoms with Crippen LogP contribution >= 0.6 is 0 Å². The maximum Gasteiger partial charge on any atom is 0.341 e. The van der Waals surface area contributed by atoms with Gasteiger partial charge in [-0.2, -0.15) is 0 Å². The standard InChI is InChI=1S/C26H22F2N4O3/c27-16-3-1-14(2-4-16)22-13-31(8-7-29-22)23-11-21-15(10-20(23)28)9-18-24(33)19(26(34)35)12-32(17-5-6-17)25(18)30-21/h1-4,9-12,17,22,29H,5-8,13H2,(H,34,35). The van der Waals surface area contributed by atoms with E-state index in [9.17, 15) is 19.1 Å². The van der Waals surface area contributed by atoms with Crippen molar-refractivity contribution in [1.29, 1.82) is 0 Å². The summed E-state index contributed by atoms with van der Waals surface area (Å²) in [6.07, 6.45) is 3.14. The zero-order valence-corrected chi connectivity index (χ0v) is 18.7. The Hall–Kier alpha value is -3.85. The van der Waals surface area contributed by atoms with Gasteiger partial charge in [-0.05, 0) is 48.7 Å². The minimum Gasteiger partial charge on any atom is -0.477 e. The third-order valence-electron chi connectivity index (χ3n) is 6.82. The van der Waals surface area contributed by atoms with E-state index in [1.165, 1.54) is 30.5 Å². The Kier molecular flexibility index (Phi) is 5.03. The molecular weight excluding hydrogens is 454 g/mol. The van der Waals surface area contributed by atoms with E-state index in [2.05, 4.69) is 5.32 Å². The molecular formula is C26H22F2N4O3. The predicted octanol–water partition coefficient (Wildman–Crippen LogP) is 4.01. The van der Waals surface area contributed by atoms with E-state index in [0.29, 0.717) is 41.9 Å². The second-order valence-electron chi connectivity index (χ2n) is 9.18. The average molecular weight is 476 g/mol. The molecule has 2 aliphatic rings. The van der Waals surface area contributed by atoms with Crippen molar-refractivity contribution in [2.75, 3.05) is 24.5 Å². The summed E-state index contributed by atoms with van der Waals surface area (Å²) in [5.74, 6) is -2.04. The monoisotopic (exact) mass is 476 g/mol. The van der Waals surface area contributed by atoms with Gasteiger partial charge in [-0.3, -0.25) is 4.79 Å². The highest BCUT2D eigenvalue weighted by atomic mass is 19.1. The fraction of sp³-hybridized carbons (Fsp3) is 0.269. The van der Waals surface area contributed by atoms with Gasteiger partial charge >= 0.3 is 5.97 Å². The number of carbonyl (C=O) groups is 1. The molecule has 0 amide bonds. The van der Waals surface area contributed by atoms with Crippen molar-refractivity contribution in [3.63, 3.8) is 0 Å². The fourth-order valence-corrected chi connectivity index (χ4v) is 4.85. The summed E-state index contributed by atoms with van der Waals surface area (Å²) in [4.78, 5) is 31.1. The Labute approximate surface area is 198 Å². The first-order valence-electron chi connectivity index (χ1n) is 11.6. The molecule has 2 N–H and O–H groups in total. The zero-order chi connectivity index (χ0) is 24.3. The van der Waals surface area contributed by atoms with Crippen molar-refractivity contribution >= 4 is 33.6 Å². The second-order valence-corrected chi connectivity index (χ2v) is 9.18. The Morgan fingerprint density at radius 3 is 2.60 bits per heavy atom. The van der Waals surface area contributed by atoms with Crippen LogP contribution in [0.25, 0.3) is 21.9 Å². The number of nitrogens with one attached hydrogen (secondary N) is 1. The molecule has 3 heterocycles. The van der Waals surface area contributed by atoms with Crippen molar-refractivity contribution < 1.29 is 18.7 Å². The minimum absolute atomic E-state index is 0.0847. The predicted molar refractivity (Wildman–Crippen MR) is 128 cm³/mol. The lowest BCUT2D eigenvalue weighted by atomic mass is 10.0. The molecule has 2 aromatic heterocycles. The lowest BCUT2D eigenvalue weighted by Crippen LogP contribution is -2.46. The number of nitrogens with zero attached hydrogens (tertiary/aromatic N) is 3. The Morgan fingerprint density at radius 1 is 1.11 bits per heavy atom. The second kappa shape index (κ2) is 8.13. The quantitative estimate of drug-likeness (QED) is 0.433. The van der Waals surface area contributed by atoms with E-state index in [0.717, 1.165) is 18.4 Å². The van der Waals surface area contributed by atoms with Crippen LogP contribution in [0.15, 0.2) is 53.5 Å². The van der Waals surface area contributed by atoms with E-state index >= 15 is 4.39 Å². The van der Waals surface area contributed by atoms with Gasteiger partial charge in [0.05, 0.1) is 16.6 Å². The third-order valence-corrected chi connectivity index (χ3v) is 6.82. The molecule has 0 radical (unpaired) electrons. The number of fused-ring (bicyclic) bond motifs is 2. The van der Waals surface area contributed by atoms with Gasteiger partial charge in [0.2, 0.25) is 5.43 Å². The van der Waals surface area contributed by atoms with Gasteiger partial charge in [-0.15, -0.1) is 0 Å². The van der Waals surface area contributed by atoms with Crippen LogP contribution in [0.1, 0.15) is 40.8 Å². The normalized spacial score (nSPS) is 18.3. The number of hydrogen-bond acceptors (Lipinski definition) is 5. The number of rotatable bonds is 4. The number of piperazine rings is 1. The molecule has 1 saturated carbocycles. The number of hydrogen-bond donors (Lipinski definition) is 2. The molecule has 4 aromatic rings. The van der Waals surface area contributed by atoms with Crippen molar-refractivity contribution in [2.45, 2.75) is 24.9 Å². The van der Waals surface area contributed by atoms with Gasteiger partial charge < -0.3 is 19.9 Å². The topological polar surface area (TPSA) is 87.5 Å². The van der Waals surface area contributed by atoms with E-state index in [1.807, 2.05) is 4.90 Å².